The average molecular weight is 282 g/mol. The van der Waals surface area contributed by atoms with E-state index in [1.165, 1.54) is 0 Å². The molecular weight excluding hydrogens is 264 g/mol. The molecule has 0 bridgehead atoms. The van der Waals surface area contributed by atoms with Crippen LogP contribution in [0, 0.1) is 0 Å². The molecule has 3 aromatic rings. The van der Waals surface area contributed by atoms with Gasteiger partial charge in [0.25, 0.3) is 5.91 Å². The maximum Gasteiger partial charge on any atom is 0.267 e. The average Bonchev–Trinajstić information content (AvgIpc) is 3.10. The van der Waals surface area contributed by atoms with E-state index in [4.69, 9.17) is 0 Å². The molecule has 5 heteroatoms. The lowest BCUT2D eigenvalue weighted by Crippen LogP contribution is -2.27. The van der Waals surface area contributed by atoms with Gasteiger partial charge < -0.3 is 9.88 Å². The van der Waals surface area contributed by atoms with E-state index >= 15 is 0 Å². The van der Waals surface area contributed by atoms with Crippen molar-refractivity contribution in [3.05, 3.63) is 54.5 Å². The van der Waals surface area contributed by atoms with Crippen LogP contribution in [-0.2, 0) is 13.6 Å². The lowest BCUT2D eigenvalue weighted by molar-refractivity contribution is 0.0944. The van der Waals surface area contributed by atoms with E-state index < -0.39 is 0 Å². The van der Waals surface area contributed by atoms with E-state index in [0.29, 0.717) is 12.2 Å². The molecule has 108 valence electrons. The fourth-order valence-electron chi connectivity index (χ4n) is 2.42. The van der Waals surface area contributed by atoms with Gasteiger partial charge in [-0.25, -0.2) is 0 Å². The van der Waals surface area contributed by atoms with E-state index in [1.54, 1.807) is 0 Å². The Labute approximate surface area is 123 Å². The summed E-state index contributed by atoms with van der Waals surface area (Å²) in [6, 6.07) is 11.8. The molecular formula is C16H18N4O. The minimum atomic E-state index is -0.0344. The predicted octanol–water partition coefficient (Wildman–Crippen LogP) is 2.19. The number of hydrogen-bond donors (Lipinski definition) is 1. The zero-order chi connectivity index (χ0) is 14.7. The van der Waals surface area contributed by atoms with Gasteiger partial charge in [-0.2, -0.15) is 5.10 Å². The van der Waals surface area contributed by atoms with Crippen molar-refractivity contribution in [3.63, 3.8) is 0 Å². The summed E-state index contributed by atoms with van der Waals surface area (Å²) >= 11 is 0. The van der Waals surface area contributed by atoms with Gasteiger partial charge >= 0.3 is 0 Å². The number of rotatable bonds is 5. The second-order valence-electron chi connectivity index (χ2n) is 5.04. The van der Waals surface area contributed by atoms with Crippen molar-refractivity contribution in [2.45, 2.75) is 13.0 Å². The standard InChI is InChI=1S/C16H18N4O/c1-19-10-4-8-15(19)16(21)17-9-5-11-20-14-7-3-2-6-13(14)12-18-20/h2-4,6-8,10,12H,5,9,11H2,1H3,(H,17,21). The number of fused-ring (bicyclic) bond motifs is 1. The first-order chi connectivity index (χ1) is 10.3. The zero-order valence-corrected chi connectivity index (χ0v) is 12.0. The number of benzene rings is 1. The fraction of sp³-hybridized carbons (Fsp3) is 0.250. The van der Waals surface area contributed by atoms with Crippen molar-refractivity contribution < 1.29 is 4.79 Å². The molecule has 0 aliphatic rings. The van der Waals surface area contributed by atoms with E-state index in [-0.39, 0.29) is 5.91 Å². The number of hydrogen-bond acceptors (Lipinski definition) is 2. The monoisotopic (exact) mass is 282 g/mol. The lowest BCUT2D eigenvalue weighted by Gasteiger charge is -2.07. The van der Waals surface area contributed by atoms with Crippen LogP contribution >= 0.6 is 0 Å². The van der Waals surface area contributed by atoms with E-state index in [9.17, 15) is 4.79 Å². The summed E-state index contributed by atoms with van der Waals surface area (Å²) < 4.78 is 3.79. The Morgan fingerprint density at radius 2 is 2.10 bits per heavy atom. The van der Waals surface area contributed by atoms with Crippen LogP contribution in [0.4, 0.5) is 0 Å². The SMILES string of the molecule is Cn1cccc1C(=O)NCCCn1ncc2ccccc21. The topological polar surface area (TPSA) is 51.9 Å². The van der Waals surface area contributed by atoms with Gasteiger partial charge in [0.1, 0.15) is 5.69 Å². The van der Waals surface area contributed by atoms with Crippen LogP contribution in [0.3, 0.4) is 0 Å². The van der Waals surface area contributed by atoms with Crippen LogP contribution in [0.25, 0.3) is 10.9 Å². The number of aromatic nitrogens is 3. The van der Waals surface area contributed by atoms with E-state index in [1.807, 2.05) is 53.0 Å². The van der Waals surface area contributed by atoms with Crippen molar-refractivity contribution in [2.24, 2.45) is 7.05 Å². The number of para-hydroxylation sites is 1. The van der Waals surface area contributed by atoms with Gasteiger partial charge in [-0.1, -0.05) is 18.2 Å². The number of carbonyl (C=O) groups excluding carboxylic acids is 1. The van der Waals surface area contributed by atoms with Crippen LogP contribution in [0.2, 0.25) is 0 Å². The smallest absolute Gasteiger partial charge is 0.267 e. The Bertz CT molecular complexity index is 756. The first-order valence-electron chi connectivity index (χ1n) is 7.06. The summed E-state index contributed by atoms with van der Waals surface area (Å²) in [5, 5.41) is 8.46. The van der Waals surface area contributed by atoms with Crippen LogP contribution in [0.15, 0.2) is 48.8 Å². The molecule has 5 nitrogen and oxygen atoms in total. The highest BCUT2D eigenvalue weighted by Crippen LogP contribution is 2.12. The normalized spacial score (nSPS) is 10.9. The Morgan fingerprint density at radius 1 is 1.24 bits per heavy atom. The van der Waals surface area contributed by atoms with Gasteiger partial charge in [0, 0.05) is 31.7 Å². The zero-order valence-electron chi connectivity index (χ0n) is 12.0. The summed E-state index contributed by atoms with van der Waals surface area (Å²) in [4.78, 5) is 11.9. The minimum absolute atomic E-state index is 0.0344. The first-order valence-corrected chi connectivity index (χ1v) is 7.06. The predicted molar refractivity (Wildman–Crippen MR) is 82.1 cm³/mol. The first kappa shape index (κ1) is 13.4. The van der Waals surface area contributed by atoms with Crippen LogP contribution in [0.5, 0.6) is 0 Å². The largest absolute Gasteiger partial charge is 0.351 e. The summed E-state index contributed by atoms with van der Waals surface area (Å²) in [5.41, 5.74) is 1.81. The summed E-state index contributed by atoms with van der Waals surface area (Å²) in [7, 11) is 1.87. The second-order valence-corrected chi connectivity index (χ2v) is 5.04. The van der Waals surface area contributed by atoms with Gasteiger partial charge in [-0.05, 0) is 24.6 Å². The number of nitrogens with zero attached hydrogens (tertiary/aromatic N) is 3. The third kappa shape index (κ3) is 2.81. The van der Waals surface area contributed by atoms with Gasteiger partial charge in [0.15, 0.2) is 0 Å². The highest BCUT2D eigenvalue weighted by atomic mass is 16.1. The molecule has 0 radical (unpaired) electrons. The lowest BCUT2D eigenvalue weighted by atomic mass is 10.2. The molecule has 0 saturated carbocycles. The third-order valence-electron chi connectivity index (χ3n) is 3.56. The van der Waals surface area contributed by atoms with Gasteiger partial charge in [-0.15, -0.1) is 0 Å². The maximum atomic E-state index is 11.9. The van der Waals surface area contributed by atoms with Crippen molar-refractivity contribution in [1.29, 1.82) is 0 Å². The van der Waals surface area contributed by atoms with Crippen LogP contribution in [-0.4, -0.2) is 26.8 Å². The summed E-state index contributed by atoms with van der Waals surface area (Å²) in [6.45, 7) is 1.43. The van der Waals surface area contributed by atoms with Crippen molar-refractivity contribution in [2.75, 3.05) is 6.54 Å². The van der Waals surface area contributed by atoms with Gasteiger partial charge in [-0.3, -0.25) is 9.48 Å². The highest BCUT2D eigenvalue weighted by Gasteiger charge is 2.07. The van der Waals surface area contributed by atoms with Crippen molar-refractivity contribution >= 4 is 16.8 Å². The summed E-state index contributed by atoms with van der Waals surface area (Å²) in [6.07, 6.45) is 4.59. The van der Waals surface area contributed by atoms with Gasteiger partial charge in [0.2, 0.25) is 0 Å². The molecule has 2 heterocycles. The Kier molecular flexibility index (Phi) is 3.73. The molecule has 0 unspecified atom stereocenters. The Balaban J connectivity index is 1.53. The third-order valence-corrected chi connectivity index (χ3v) is 3.56. The Hall–Kier alpha value is -2.56. The molecule has 1 aromatic carbocycles. The van der Waals surface area contributed by atoms with E-state index in [0.717, 1.165) is 23.9 Å². The van der Waals surface area contributed by atoms with E-state index in [2.05, 4.69) is 22.5 Å². The maximum absolute atomic E-state index is 11.9. The highest BCUT2D eigenvalue weighted by molar-refractivity contribution is 5.92. The van der Waals surface area contributed by atoms with Gasteiger partial charge in [0.05, 0.1) is 11.7 Å². The minimum Gasteiger partial charge on any atom is -0.351 e. The number of aryl methyl sites for hydroxylation is 2. The molecule has 3 rings (SSSR count). The molecule has 0 aliphatic carbocycles. The molecule has 0 fully saturated rings. The molecule has 0 spiro atoms. The van der Waals surface area contributed by atoms with Crippen molar-refractivity contribution in [1.82, 2.24) is 19.7 Å². The second kappa shape index (κ2) is 5.83. The molecule has 0 atom stereocenters. The number of amides is 1. The molecule has 0 aliphatic heterocycles. The van der Waals surface area contributed by atoms with Crippen LogP contribution < -0.4 is 5.32 Å². The van der Waals surface area contributed by atoms with Crippen molar-refractivity contribution in [3.8, 4) is 0 Å². The molecule has 21 heavy (non-hydrogen) atoms. The molecule has 1 N–H and O–H groups in total. The van der Waals surface area contributed by atoms with Crippen LogP contribution in [0.1, 0.15) is 16.9 Å². The Morgan fingerprint density at radius 3 is 2.90 bits per heavy atom. The number of nitrogens with one attached hydrogen (secondary N) is 1. The summed E-state index contributed by atoms with van der Waals surface area (Å²) in [5.74, 6) is -0.0344. The molecule has 2 aromatic heterocycles. The number of carbonyl (C=O) groups is 1. The molecule has 1 amide bonds. The quantitative estimate of drug-likeness (QED) is 0.729. The molecule has 0 saturated heterocycles. The fourth-order valence-corrected chi connectivity index (χ4v) is 2.42.